The highest BCUT2D eigenvalue weighted by atomic mass is 35.5. The third-order valence-corrected chi connectivity index (χ3v) is 6.50. The van der Waals surface area contributed by atoms with Gasteiger partial charge in [0.2, 0.25) is 5.95 Å². The summed E-state index contributed by atoms with van der Waals surface area (Å²) in [6, 6.07) is 12.1. The molecule has 4 aromatic rings. The van der Waals surface area contributed by atoms with Gasteiger partial charge in [-0.15, -0.1) is 0 Å². The summed E-state index contributed by atoms with van der Waals surface area (Å²) >= 11 is 6.42. The Morgan fingerprint density at radius 1 is 1.11 bits per heavy atom. The average Bonchev–Trinajstić information content (AvgIpc) is 3.28. The summed E-state index contributed by atoms with van der Waals surface area (Å²) in [4.78, 5) is 20.2. The molecule has 0 atom stereocenters. The van der Waals surface area contributed by atoms with Crippen molar-refractivity contribution in [2.45, 2.75) is 39.3 Å². The number of fused-ring (bicyclic) bond motifs is 1. The fourth-order valence-electron chi connectivity index (χ4n) is 4.42. The van der Waals surface area contributed by atoms with Gasteiger partial charge in [0.1, 0.15) is 16.9 Å². The van der Waals surface area contributed by atoms with E-state index < -0.39 is 0 Å². The molecule has 0 bridgehead atoms. The van der Waals surface area contributed by atoms with Gasteiger partial charge >= 0.3 is 0 Å². The number of nitrogens with one attached hydrogen (secondary N) is 2. The maximum Gasteiger partial charge on any atom is 0.229 e. The van der Waals surface area contributed by atoms with Gasteiger partial charge in [-0.25, -0.2) is 15.0 Å². The van der Waals surface area contributed by atoms with Crippen molar-refractivity contribution in [2.75, 3.05) is 28.6 Å². The van der Waals surface area contributed by atoms with Gasteiger partial charge in [-0.2, -0.15) is 10.2 Å². The van der Waals surface area contributed by atoms with Crippen LogP contribution in [0.1, 0.15) is 32.3 Å². The number of halogens is 1. The summed E-state index contributed by atoms with van der Waals surface area (Å²) in [7, 11) is 0. The monoisotopic (exact) mass is 501 g/mol. The van der Waals surface area contributed by atoms with Gasteiger partial charge in [0.15, 0.2) is 5.82 Å². The van der Waals surface area contributed by atoms with Crippen LogP contribution in [-0.2, 0) is 6.54 Å². The first-order valence-electron chi connectivity index (χ1n) is 12.1. The van der Waals surface area contributed by atoms with Gasteiger partial charge in [0, 0.05) is 37.6 Å². The van der Waals surface area contributed by atoms with Crippen molar-refractivity contribution in [1.29, 1.82) is 5.26 Å². The number of hydrogen-bond acceptors (Lipinski definition) is 8. The highest BCUT2D eigenvalue weighted by Crippen LogP contribution is 2.26. The Balaban J connectivity index is 1.22. The summed E-state index contributed by atoms with van der Waals surface area (Å²) in [5, 5.41) is 16.2. The van der Waals surface area contributed by atoms with E-state index in [0.717, 1.165) is 55.0 Å². The van der Waals surface area contributed by atoms with Gasteiger partial charge < -0.3 is 20.1 Å². The summed E-state index contributed by atoms with van der Waals surface area (Å²) < 4.78 is 2.17. The van der Waals surface area contributed by atoms with E-state index in [9.17, 15) is 0 Å². The fourth-order valence-corrected chi connectivity index (χ4v) is 4.57. The van der Waals surface area contributed by atoms with Crippen LogP contribution in [0.5, 0.6) is 0 Å². The third kappa shape index (κ3) is 5.34. The predicted molar refractivity (Wildman–Crippen MR) is 143 cm³/mol. The van der Waals surface area contributed by atoms with Crippen LogP contribution >= 0.6 is 11.6 Å². The molecule has 1 saturated heterocycles. The van der Waals surface area contributed by atoms with Crippen molar-refractivity contribution in [1.82, 2.24) is 24.5 Å². The Bertz CT molecular complexity index is 1380. The SMILES string of the molecule is CC(C)Cn1cnc2cc(Nc3ncc(Cl)c(NC4CCN(c5ccc(C#N)cn5)CC4)n3)ccc21. The Hall–Kier alpha value is -3.90. The molecule has 5 rings (SSSR count). The van der Waals surface area contributed by atoms with Crippen molar-refractivity contribution in [3.8, 4) is 6.07 Å². The van der Waals surface area contributed by atoms with Crippen molar-refractivity contribution in [2.24, 2.45) is 5.92 Å². The second-order valence-corrected chi connectivity index (χ2v) is 9.84. The summed E-state index contributed by atoms with van der Waals surface area (Å²) in [5.74, 6) is 2.53. The number of anilines is 4. The van der Waals surface area contributed by atoms with Crippen LogP contribution in [0.25, 0.3) is 11.0 Å². The van der Waals surface area contributed by atoms with E-state index in [0.29, 0.717) is 28.3 Å². The molecule has 2 N–H and O–H groups in total. The van der Waals surface area contributed by atoms with Gasteiger partial charge in [0.25, 0.3) is 0 Å². The van der Waals surface area contributed by atoms with Crippen molar-refractivity contribution in [3.63, 3.8) is 0 Å². The molecule has 0 aliphatic carbocycles. The summed E-state index contributed by atoms with van der Waals surface area (Å²) in [6.45, 7) is 7.03. The number of nitriles is 1. The van der Waals surface area contributed by atoms with Gasteiger partial charge in [0.05, 0.1) is 29.1 Å². The molecule has 1 aromatic carbocycles. The quantitative estimate of drug-likeness (QED) is 0.354. The number of benzene rings is 1. The summed E-state index contributed by atoms with van der Waals surface area (Å²) in [5.41, 5.74) is 3.47. The van der Waals surface area contributed by atoms with Gasteiger partial charge in [-0.3, -0.25) is 0 Å². The van der Waals surface area contributed by atoms with E-state index >= 15 is 0 Å². The second-order valence-electron chi connectivity index (χ2n) is 9.43. The molecular weight excluding hydrogens is 474 g/mol. The van der Waals surface area contributed by atoms with Crippen LogP contribution in [0.3, 0.4) is 0 Å². The molecule has 1 aliphatic rings. The lowest BCUT2D eigenvalue weighted by Crippen LogP contribution is -2.39. The first-order valence-corrected chi connectivity index (χ1v) is 12.5. The van der Waals surface area contributed by atoms with Crippen LogP contribution < -0.4 is 15.5 Å². The van der Waals surface area contributed by atoms with Crippen molar-refractivity contribution in [3.05, 3.63) is 59.6 Å². The Kier molecular flexibility index (Phi) is 6.87. The molecular formula is C26H28ClN9. The van der Waals surface area contributed by atoms with Crippen molar-refractivity contribution < 1.29 is 0 Å². The highest BCUT2D eigenvalue weighted by Gasteiger charge is 2.21. The molecule has 1 fully saturated rings. The normalized spacial score (nSPS) is 14.2. The molecule has 9 nitrogen and oxygen atoms in total. The topological polar surface area (TPSA) is 108 Å². The lowest BCUT2D eigenvalue weighted by molar-refractivity contribution is 0.522. The fraction of sp³-hybridized carbons (Fsp3) is 0.346. The minimum absolute atomic E-state index is 0.237. The Morgan fingerprint density at radius 3 is 2.67 bits per heavy atom. The Labute approximate surface area is 215 Å². The smallest absolute Gasteiger partial charge is 0.229 e. The Morgan fingerprint density at radius 2 is 1.94 bits per heavy atom. The van der Waals surface area contributed by atoms with Crippen molar-refractivity contribution >= 4 is 45.9 Å². The van der Waals surface area contributed by atoms with E-state index in [1.165, 1.54) is 0 Å². The zero-order valence-corrected chi connectivity index (χ0v) is 21.1. The molecule has 4 heterocycles. The molecule has 10 heteroatoms. The largest absolute Gasteiger partial charge is 0.366 e. The van der Waals surface area contributed by atoms with E-state index in [2.05, 4.69) is 66.0 Å². The maximum absolute atomic E-state index is 8.97. The number of pyridine rings is 1. The minimum atomic E-state index is 0.237. The molecule has 0 spiro atoms. The number of hydrogen-bond donors (Lipinski definition) is 2. The van der Waals surface area contributed by atoms with E-state index in [4.69, 9.17) is 16.9 Å². The van der Waals surface area contributed by atoms with E-state index in [1.807, 2.05) is 24.5 Å². The average molecular weight is 502 g/mol. The standard InChI is InChI=1S/C26H28ClN9/c1-17(2)15-36-16-31-22-11-20(4-5-23(22)36)33-26-30-14-21(27)25(34-26)32-19-7-9-35(10-8-19)24-6-3-18(12-28)13-29-24/h3-6,11,13-14,16-17,19H,7-10,15H2,1-2H3,(H2,30,32,33,34). The number of rotatable bonds is 7. The zero-order valence-electron chi connectivity index (χ0n) is 20.3. The molecule has 184 valence electrons. The number of aromatic nitrogens is 5. The van der Waals surface area contributed by atoms with Crippen LogP contribution in [0.2, 0.25) is 5.02 Å². The number of piperidine rings is 1. The van der Waals surface area contributed by atoms with Gasteiger partial charge in [-0.1, -0.05) is 25.4 Å². The first kappa shape index (κ1) is 23.8. The number of imidazole rings is 1. The molecule has 36 heavy (non-hydrogen) atoms. The second kappa shape index (κ2) is 10.4. The van der Waals surface area contributed by atoms with E-state index in [1.54, 1.807) is 18.5 Å². The summed E-state index contributed by atoms with van der Waals surface area (Å²) in [6.07, 6.45) is 6.95. The van der Waals surface area contributed by atoms with Crippen LogP contribution in [0, 0.1) is 17.2 Å². The highest BCUT2D eigenvalue weighted by molar-refractivity contribution is 6.32. The number of nitrogens with zero attached hydrogens (tertiary/aromatic N) is 7. The van der Waals surface area contributed by atoms with Crippen LogP contribution in [0.15, 0.2) is 49.1 Å². The molecule has 3 aromatic heterocycles. The van der Waals surface area contributed by atoms with Crippen LogP contribution in [-0.4, -0.2) is 43.6 Å². The molecule has 0 unspecified atom stereocenters. The first-order chi connectivity index (χ1) is 17.5. The van der Waals surface area contributed by atoms with Crippen LogP contribution in [0.4, 0.5) is 23.3 Å². The molecule has 0 radical (unpaired) electrons. The lowest BCUT2D eigenvalue weighted by atomic mass is 10.0. The third-order valence-electron chi connectivity index (χ3n) is 6.22. The maximum atomic E-state index is 8.97. The van der Waals surface area contributed by atoms with E-state index in [-0.39, 0.29) is 6.04 Å². The zero-order chi connectivity index (χ0) is 25.1. The predicted octanol–water partition coefficient (Wildman–Crippen LogP) is 5.23. The van der Waals surface area contributed by atoms with Gasteiger partial charge in [-0.05, 0) is 49.1 Å². The lowest BCUT2D eigenvalue weighted by Gasteiger charge is -2.33. The molecule has 1 aliphatic heterocycles. The minimum Gasteiger partial charge on any atom is -0.366 e. The molecule has 0 saturated carbocycles. The molecule has 0 amide bonds.